The molecule has 0 fully saturated rings. The standard InChI is InChI=1S/C25H12F2N4/c26-17-8-4-15(5-9-17)22-19(13-28)20(14-29)24-25(31-12-2-1-3-21(31)30-24)23(22)16-6-10-18(27)11-7-16/h1-12H. The highest BCUT2D eigenvalue weighted by Crippen LogP contribution is 2.43. The number of hydrogen-bond acceptors (Lipinski definition) is 3. The normalized spacial score (nSPS) is 10.8. The molecule has 2 aromatic heterocycles. The molecule has 0 saturated heterocycles. The lowest BCUT2D eigenvalue weighted by molar-refractivity contribution is 0.627. The Morgan fingerprint density at radius 2 is 1.29 bits per heavy atom. The van der Waals surface area contributed by atoms with Crippen LogP contribution >= 0.6 is 0 Å². The zero-order chi connectivity index (χ0) is 21.5. The van der Waals surface area contributed by atoms with Gasteiger partial charge in [-0.25, -0.2) is 13.8 Å². The number of rotatable bonds is 2. The molecule has 0 atom stereocenters. The first kappa shape index (κ1) is 18.5. The second-order valence-electron chi connectivity index (χ2n) is 6.98. The Morgan fingerprint density at radius 1 is 0.710 bits per heavy atom. The van der Waals surface area contributed by atoms with E-state index in [-0.39, 0.29) is 11.1 Å². The monoisotopic (exact) mass is 406 g/mol. The number of imidazole rings is 1. The SMILES string of the molecule is N#Cc1c(-c2ccc(F)cc2)c(-c2ccc(F)cc2)c2c(nc3ccccn32)c1C#N. The number of benzene rings is 3. The number of aromatic nitrogens is 2. The predicted octanol–water partition coefficient (Wildman–Crippen LogP) is 5.84. The van der Waals surface area contributed by atoms with Crippen molar-refractivity contribution in [2.75, 3.05) is 0 Å². The third-order valence-corrected chi connectivity index (χ3v) is 5.24. The molecule has 0 saturated carbocycles. The first-order valence-electron chi connectivity index (χ1n) is 9.41. The van der Waals surface area contributed by atoms with Crippen LogP contribution in [0.15, 0.2) is 72.9 Å². The van der Waals surface area contributed by atoms with Crippen molar-refractivity contribution in [1.82, 2.24) is 9.38 Å². The van der Waals surface area contributed by atoms with E-state index >= 15 is 0 Å². The van der Waals surface area contributed by atoms with E-state index in [2.05, 4.69) is 17.1 Å². The molecule has 0 N–H and O–H groups in total. The van der Waals surface area contributed by atoms with Crippen LogP contribution in [0.25, 0.3) is 38.9 Å². The van der Waals surface area contributed by atoms with Gasteiger partial charge in [0.2, 0.25) is 0 Å². The topological polar surface area (TPSA) is 64.9 Å². The molecule has 0 aliphatic carbocycles. The first-order chi connectivity index (χ1) is 15.1. The van der Waals surface area contributed by atoms with E-state index in [0.717, 1.165) is 0 Å². The highest BCUT2D eigenvalue weighted by atomic mass is 19.1. The molecule has 0 spiro atoms. The van der Waals surface area contributed by atoms with Gasteiger partial charge in [0.15, 0.2) is 0 Å². The molecule has 6 heteroatoms. The van der Waals surface area contributed by atoms with Gasteiger partial charge in [0.25, 0.3) is 0 Å². The van der Waals surface area contributed by atoms with E-state index in [1.807, 2.05) is 22.7 Å². The first-order valence-corrected chi connectivity index (χ1v) is 9.41. The number of nitriles is 2. The molecule has 0 aliphatic heterocycles. The average molecular weight is 406 g/mol. The molecule has 5 rings (SSSR count). The molecule has 0 aliphatic rings. The van der Waals surface area contributed by atoms with Crippen LogP contribution in [-0.4, -0.2) is 9.38 Å². The summed E-state index contributed by atoms with van der Waals surface area (Å²) in [6.07, 6.45) is 1.82. The van der Waals surface area contributed by atoms with Crippen LogP contribution in [0.2, 0.25) is 0 Å². The van der Waals surface area contributed by atoms with Gasteiger partial charge in [0.05, 0.1) is 16.6 Å². The van der Waals surface area contributed by atoms with Gasteiger partial charge in [-0.2, -0.15) is 10.5 Å². The number of fused-ring (bicyclic) bond motifs is 3. The summed E-state index contributed by atoms with van der Waals surface area (Å²) in [5.41, 5.74) is 4.22. The largest absolute Gasteiger partial charge is 0.299 e. The van der Waals surface area contributed by atoms with Gasteiger partial charge in [-0.1, -0.05) is 30.3 Å². The van der Waals surface area contributed by atoms with Gasteiger partial charge in [0.1, 0.15) is 34.9 Å². The maximum atomic E-state index is 13.7. The molecule has 146 valence electrons. The van der Waals surface area contributed by atoms with Crippen LogP contribution in [0.1, 0.15) is 11.1 Å². The lowest BCUT2D eigenvalue weighted by Crippen LogP contribution is -1.98. The summed E-state index contributed by atoms with van der Waals surface area (Å²) in [6, 6.07) is 21.4. The number of halogens is 2. The Labute approximate surface area is 175 Å². The Kier molecular flexibility index (Phi) is 4.20. The third-order valence-electron chi connectivity index (χ3n) is 5.24. The molecule has 5 aromatic rings. The zero-order valence-electron chi connectivity index (χ0n) is 16.0. The number of nitrogens with zero attached hydrogens (tertiary/aromatic N) is 4. The fraction of sp³-hybridized carbons (Fsp3) is 0. The zero-order valence-corrected chi connectivity index (χ0v) is 16.0. The lowest BCUT2D eigenvalue weighted by atomic mass is 9.87. The molecule has 0 unspecified atom stereocenters. The van der Waals surface area contributed by atoms with Crippen molar-refractivity contribution < 1.29 is 8.78 Å². The van der Waals surface area contributed by atoms with E-state index in [4.69, 9.17) is 0 Å². The van der Waals surface area contributed by atoms with Crippen molar-refractivity contribution in [2.45, 2.75) is 0 Å². The van der Waals surface area contributed by atoms with Crippen LogP contribution in [0.5, 0.6) is 0 Å². The molecular formula is C25H12F2N4. The van der Waals surface area contributed by atoms with Crippen LogP contribution < -0.4 is 0 Å². The molecule has 0 amide bonds. The Bertz CT molecular complexity index is 1550. The highest BCUT2D eigenvalue weighted by Gasteiger charge is 2.25. The van der Waals surface area contributed by atoms with E-state index in [0.29, 0.717) is 38.9 Å². The summed E-state index contributed by atoms with van der Waals surface area (Å²) in [4.78, 5) is 4.60. The third kappa shape index (κ3) is 2.82. The van der Waals surface area contributed by atoms with Gasteiger partial charge in [0, 0.05) is 17.3 Å². The highest BCUT2D eigenvalue weighted by molar-refractivity contribution is 6.07. The maximum Gasteiger partial charge on any atom is 0.137 e. The Hall–Kier alpha value is -4.55. The molecule has 31 heavy (non-hydrogen) atoms. The molecule has 3 aromatic carbocycles. The van der Waals surface area contributed by atoms with Gasteiger partial charge in [-0.05, 0) is 47.5 Å². The van der Waals surface area contributed by atoms with E-state index in [1.54, 1.807) is 30.3 Å². The second kappa shape index (κ2) is 7.05. The molecule has 4 nitrogen and oxygen atoms in total. The van der Waals surface area contributed by atoms with Crippen molar-refractivity contribution >= 4 is 16.7 Å². The van der Waals surface area contributed by atoms with Gasteiger partial charge in [-0.15, -0.1) is 0 Å². The summed E-state index contributed by atoms with van der Waals surface area (Å²) < 4.78 is 29.2. The average Bonchev–Trinajstić information content (AvgIpc) is 3.18. The predicted molar refractivity (Wildman–Crippen MR) is 113 cm³/mol. The minimum absolute atomic E-state index is 0.143. The van der Waals surface area contributed by atoms with E-state index < -0.39 is 11.6 Å². The van der Waals surface area contributed by atoms with Crippen molar-refractivity contribution in [2.24, 2.45) is 0 Å². The van der Waals surface area contributed by atoms with Crippen molar-refractivity contribution in [3.05, 3.63) is 95.7 Å². The van der Waals surface area contributed by atoms with Gasteiger partial charge in [-0.3, -0.25) is 4.40 Å². The molecule has 2 heterocycles. The summed E-state index contributed by atoms with van der Waals surface area (Å²) in [5, 5.41) is 20.0. The summed E-state index contributed by atoms with van der Waals surface area (Å²) in [7, 11) is 0. The minimum Gasteiger partial charge on any atom is -0.299 e. The van der Waals surface area contributed by atoms with Crippen LogP contribution in [0.3, 0.4) is 0 Å². The quantitative estimate of drug-likeness (QED) is 0.370. The summed E-state index contributed by atoms with van der Waals surface area (Å²) >= 11 is 0. The number of hydrogen-bond donors (Lipinski definition) is 0. The fourth-order valence-electron chi connectivity index (χ4n) is 3.92. The Balaban J connectivity index is 2.07. The maximum absolute atomic E-state index is 13.7. The fourth-order valence-corrected chi connectivity index (χ4v) is 3.92. The Morgan fingerprint density at radius 3 is 1.87 bits per heavy atom. The summed E-state index contributed by atoms with van der Waals surface area (Å²) in [6.45, 7) is 0. The van der Waals surface area contributed by atoms with Crippen LogP contribution in [-0.2, 0) is 0 Å². The van der Waals surface area contributed by atoms with Gasteiger partial charge >= 0.3 is 0 Å². The van der Waals surface area contributed by atoms with Crippen molar-refractivity contribution in [3.8, 4) is 34.4 Å². The molecule has 0 radical (unpaired) electrons. The minimum atomic E-state index is -0.415. The smallest absolute Gasteiger partial charge is 0.137 e. The van der Waals surface area contributed by atoms with Crippen LogP contribution in [0.4, 0.5) is 8.78 Å². The molecule has 0 bridgehead atoms. The number of pyridine rings is 1. The van der Waals surface area contributed by atoms with E-state index in [1.165, 1.54) is 24.3 Å². The van der Waals surface area contributed by atoms with Crippen molar-refractivity contribution in [1.29, 1.82) is 10.5 Å². The van der Waals surface area contributed by atoms with Crippen LogP contribution in [0, 0.1) is 34.3 Å². The second-order valence-corrected chi connectivity index (χ2v) is 6.98. The van der Waals surface area contributed by atoms with Gasteiger partial charge < -0.3 is 0 Å². The molecular weight excluding hydrogens is 394 g/mol. The van der Waals surface area contributed by atoms with E-state index in [9.17, 15) is 19.3 Å². The lowest BCUT2D eigenvalue weighted by Gasteiger charge is -2.16. The summed E-state index contributed by atoms with van der Waals surface area (Å²) in [5.74, 6) is -0.808. The van der Waals surface area contributed by atoms with Crippen molar-refractivity contribution in [3.63, 3.8) is 0 Å².